The summed E-state index contributed by atoms with van der Waals surface area (Å²) in [6.07, 6.45) is 0. The number of benzene rings is 2. The molecule has 0 amide bonds. The Morgan fingerprint density at radius 1 is 0.952 bits per heavy atom. The first-order chi connectivity index (χ1) is 10.2. The molecule has 6 heteroatoms. The molecule has 0 saturated heterocycles. The molecule has 0 radical (unpaired) electrons. The van der Waals surface area contributed by atoms with Crippen molar-refractivity contribution in [1.29, 1.82) is 0 Å². The molecule has 0 spiro atoms. The van der Waals surface area contributed by atoms with Crippen LogP contribution in [0.1, 0.15) is 0 Å². The summed E-state index contributed by atoms with van der Waals surface area (Å²) in [6, 6.07) is 13.2. The molecule has 2 N–H and O–H groups in total. The predicted octanol–water partition coefficient (Wildman–Crippen LogP) is 4.72. The van der Waals surface area contributed by atoms with Crippen molar-refractivity contribution in [3.05, 3.63) is 52.5 Å². The van der Waals surface area contributed by atoms with Gasteiger partial charge in [0.25, 0.3) is 0 Å². The second kappa shape index (κ2) is 5.76. The van der Waals surface area contributed by atoms with E-state index in [1.165, 1.54) is 0 Å². The van der Waals surface area contributed by atoms with E-state index in [-0.39, 0.29) is 0 Å². The Kier molecular flexibility index (Phi) is 3.82. The fourth-order valence-electron chi connectivity index (χ4n) is 1.99. The summed E-state index contributed by atoms with van der Waals surface area (Å²) in [5, 5.41) is 8.16. The third-order valence-electron chi connectivity index (χ3n) is 3.01. The fraction of sp³-hybridized carbons (Fsp3) is 0.0667. The van der Waals surface area contributed by atoms with Crippen LogP contribution in [-0.2, 0) is 0 Å². The summed E-state index contributed by atoms with van der Waals surface area (Å²) < 4.78 is 0. The monoisotopic (exact) mass is 318 g/mol. The highest BCUT2D eigenvalue weighted by molar-refractivity contribution is 6.42. The highest BCUT2D eigenvalue weighted by Crippen LogP contribution is 2.29. The number of hydrogen-bond acceptors (Lipinski definition) is 4. The van der Waals surface area contributed by atoms with Crippen molar-refractivity contribution in [2.24, 2.45) is 0 Å². The lowest BCUT2D eigenvalue weighted by molar-refractivity contribution is 1.19. The molecular weight excluding hydrogens is 307 g/mol. The molecule has 106 valence electrons. The Labute approximate surface area is 132 Å². The van der Waals surface area contributed by atoms with E-state index in [0.717, 1.165) is 16.6 Å². The highest BCUT2D eigenvalue weighted by Gasteiger charge is 2.08. The Balaban J connectivity index is 2.08. The van der Waals surface area contributed by atoms with Crippen molar-refractivity contribution < 1.29 is 0 Å². The molecule has 1 aromatic heterocycles. The number of halogens is 2. The molecule has 3 rings (SSSR count). The topological polar surface area (TPSA) is 49.8 Å². The lowest BCUT2D eigenvalue weighted by Crippen LogP contribution is -2.01. The molecule has 0 saturated carbocycles. The van der Waals surface area contributed by atoms with Crippen LogP contribution < -0.4 is 10.6 Å². The average Bonchev–Trinajstić information content (AvgIpc) is 2.51. The average molecular weight is 319 g/mol. The Hall–Kier alpha value is -2.04. The zero-order valence-corrected chi connectivity index (χ0v) is 12.7. The van der Waals surface area contributed by atoms with E-state index in [0.29, 0.717) is 21.8 Å². The van der Waals surface area contributed by atoms with Gasteiger partial charge in [-0.1, -0.05) is 35.3 Å². The van der Waals surface area contributed by atoms with E-state index in [1.54, 1.807) is 19.2 Å². The number of rotatable bonds is 3. The van der Waals surface area contributed by atoms with Crippen LogP contribution >= 0.6 is 23.2 Å². The molecule has 0 aliphatic rings. The summed E-state index contributed by atoms with van der Waals surface area (Å²) in [5.74, 6) is 1.26. The largest absolute Gasteiger partial charge is 0.357 e. The minimum Gasteiger partial charge on any atom is -0.357 e. The molecule has 3 aromatic rings. The first-order valence-corrected chi connectivity index (χ1v) is 7.09. The normalized spacial score (nSPS) is 10.6. The molecule has 0 bridgehead atoms. The number of nitrogens with zero attached hydrogens (tertiary/aromatic N) is 2. The van der Waals surface area contributed by atoms with E-state index >= 15 is 0 Å². The van der Waals surface area contributed by atoms with Crippen LogP contribution in [0.2, 0.25) is 10.0 Å². The number of aromatic nitrogens is 2. The second-order valence-corrected chi connectivity index (χ2v) is 5.23. The molecule has 0 atom stereocenters. The van der Waals surface area contributed by atoms with Crippen molar-refractivity contribution in [1.82, 2.24) is 9.97 Å². The van der Waals surface area contributed by atoms with Gasteiger partial charge in [-0.15, -0.1) is 0 Å². The van der Waals surface area contributed by atoms with Gasteiger partial charge in [-0.3, -0.25) is 0 Å². The van der Waals surface area contributed by atoms with E-state index in [2.05, 4.69) is 20.6 Å². The zero-order valence-electron chi connectivity index (χ0n) is 11.2. The van der Waals surface area contributed by atoms with Gasteiger partial charge in [-0.2, -0.15) is 4.98 Å². The van der Waals surface area contributed by atoms with Crippen LogP contribution in [0.5, 0.6) is 0 Å². The smallest absolute Gasteiger partial charge is 0.224 e. The fourth-order valence-corrected chi connectivity index (χ4v) is 2.29. The number of anilines is 3. The maximum Gasteiger partial charge on any atom is 0.224 e. The first kappa shape index (κ1) is 13.9. The zero-order chi connectivity index (χ0) is 14.8. The molecule has 2 aromatic carbocycles. The van der Waals surface area contributed by atoms with Crippen molar-refractivity contribution in [3.8, 4) is 0 Å². The molecule has 21 heavy (non-hydrogen) atoms. The Morgan fingerprint density at radius 2 is 1.76 bits per heavy atom. The van der Waals surface area contributed by atoms with Crippen LogP contribution in [0.15, 0.2) is 42.5 Å². The molecule has 1 heterocycles. The highest BCUT2D eigenvalue weighted by atomic mass is 35.5. The Morgan fingerprint density at radius 3 is 2.52 bits per heavy atom. The standard InChI is InChI=1S/C15H12Cl2N4/c1-18-15-20-13-5-3-2-4-10(13)14(21-15)19-9-6-7-11(16)12(17)8-9/h2-8H,1H3,(H2,18,19,20,21). The maximum absolute atomic E-state index is 6.04. The van der Waals surface area contributed by atoms with Crippen molar-refractivity contribution >= 4 is 51.6 Å². The van der Waals surface area contributed by atoms with E-state index in [9.17, 15) is 0 Å². The minimum absolute atomic E-state index is 0.494. The van der Waals surface area contributed by atoms with Gasteiger partial charge >= 0.3 is 0 Å². The summed E-state index contributed by atoms with van der Waals surface area (Å²) in [7, 11) is 1.78. The minimum atomic E-state index is 0.494. The van der Waals surface area contributed by atoms with Crippen LogP contribution in [-0.4, -0.2) is 17.0 Å². The van der Waals surface area contributed by atoms with Crippen molar-refractivity contribution in [2.45, 2.75) is 0 Å². The lowest BCUT2D eigenvalue weighted by Gasteiger charge is -2.11. The van der Waals surface area contributed by atoms with Gasteiger partial charge in [0, 0.05) is 18.1 Å². The van der Waals surface area contributed by atoms with Gasteiger partial charge < -0.3 is 10.6 Å². The van der Waals surface area contributed by atoms with E-state index in [4.69, 9.17) is 23.2 Å². The number of fused-ring (bicyclic) bond motifs is 1. The van der Waals surface area contributed by atoms with Gasteiger partial charge in [-0.05, 0) is 30.3 Å². The summed E-state index contributed by atoms with van der Waals surface area (Å²) in [6.45, 7) is 0. The quantitative estimate of drug-likeness (QED) is 0.733. The van der Waals surface area contributed by atoms with Crippen LogP contribution in [0, 0.1) is 0 Å². The van der Waals surface area contributed by atoms with Gasteiger partial charge in [0.1, 0.15) is 5.82 Å². The SMILES string of the molecule is CNc1nc(Nc2ccc(Cl)c(Cl)c2)c2ccccc2n1. The van der Waals surface area contributed by atoms with Gasteiger partial charge in [0.15, 0.2) is 0 Å². The molecule has 0 fully saturated rings. The van der Waals surface area contributed by atoms with Gasteiger partial charge in [0.2, 0.25) is 5.95 Å². The van der Waals surface area contributed by atoms with Crippen LogP contribution in [0.4, 0.5) is 17.5 Å². The van der Waals surface area contributed by atoms with Gasteiger partial charge in [0.05, 0.1) is 15.6 Å². The second-order valence-electron chi connectivity index (χ2n) is 4.42. The first-order valence-electron chi connectivity index (χ1n) is 6.34. The number of hydrogen-bond donors (Lipinski definition) is 2. The lowest BCUT2D eigenvalue weighted by atomic mass is 10.2. The number of nitrogens with one attached hydrogen (secondary N) is 2. The molecule has 0 aliphatic heterocycles. The molecule has 0 aliphatic carbocycles. The van der Waals surface area contributed by atoms with E-state index < -0.39 is 0 Å². The third kappa shape index (κ3) is 2.86. The predicted molar refractivity (Wildman–Crippen MR) is 88.8 cm³/mol. The maximum atomic E-state index is 6.04. The Bertz CT molecular complexity index is 805. The van der Waals surface area contributed by atoms with Crippen molar-refractivity contribution in [2.75, 3.05) is 17.7 Å². The van der Waals surface area contributed by atoms with Crippen LogP contribution in [0.3, 0.4) is 0 Å². The summed E-state index contributed by atoms with van der Waals surface area (Å²) in [4.78, 5) is 8.88. The van der Waals surface area contributed by atoms with Crippen molar-refractivity contribution in [3.63, 3.8) is 0 Å². The van der Waals surface area contributed by atoms with Gasteiger partial charge in [-0.25, -0.2) is 4.98 Å². The summed E-state index contributed by atoms with van der Waals surface area (Å²) in [5.41, 5.74) is 1.68. The van der Waals surface area contributed by atoms with Crippen LogP contribution in [0.25, 0.3) is 10.9 Å². The molecule has 0 unspecified atom stereocenters. The molecular formula is C15H12Cl2N4. The molecule has 4 nitrogen and oxygen atoms in total. The summed E-state index contributed by atoms with van der Waals surface area (Å²) >= 11 is 12.0. The van der Waals surface area contributed by atoms with E-state index in [1.807, 2.05) is 30.3 Å². The third-order valence-corrected chi connectivity index (χ3v) is 3.75. The number of para-hydroxylation sites is 1.